The van der Waals surface area contributed by atoms with Gasteiger partial charge in [-0.25, -0.2) is 4.39 Å². The minimum absolute atomic E-state index is 0.216. The predicted molar refractivity (Wildman–Crippen MR) is 70.6 cm³/mol. The molecule has 1 N–H and O–H groups in total. The first-order valence-electron chi connectivity index (χ1n) is 5.29. The van der Waals surface area contributed by atoms with Gasteiger partial charge in [-0.2, -0.15) is 0 Å². The van der Waals surface area contributed by atoms with Crippen molar-refractivity contribution >= 4 is 28.9 Å². The number of hydrogen-bond donors (Lipinski definition) is 1. The molecule has 0 amide bonds. The molecule has 0 heterocycles. The van der Waals surface area contributed by atoms with E-state index in [0.717, 1.165) is 6.42 Å². The van der Waals surface area contributed by atoms with Crippen LogP contribution in [0, 0.1) is 5.82 Å². The molecule has 0 saturated carbocycles. The Morgan fingerprint density at radius 3 is 2.29 bits per heavy atom. The molecule has 0 aromatic heterocycles. The van der Waals surface area contributed by atoms with Crippen molar-refractivity contribution in [3.05, 3.63) is 28.0 Å². The fourth-order valence-electron chi connectivity index (χ4n) is 1.30. The maximum atomic E-state index is 13.0. The van der Waals surface area contributed by atoms with Crippen molar-refractivity contribution in [2.24, 2.45) is 0 Å². The van der Waals surface area contributed by atoms with Crippen molar-refractivity contribution in [3.8, 4) is 0 Å². The van der Waals surface area contributed by atoms with Gasteiger partial charge >= 0.3 is 0 Å². The van der Waals surface area contributed by atoms with Gasteiger partial charge in [0.15, 0.2) is 0 Å². The van der Waals surface area contributed by atoms with Gasteiger partial charge in [-0.3, -0.25) is 0 Å². The molecule has 0 radical (unpaired) electrons. The molecule has 17 heavy (non-hydrogen) atoms. The number of hydrogen-bond acceptors (Lipinski definition) is 2. The summed E-state index contributed by atoms with van der Waals surface area (Å²) in [5, 5.41) is 3.65. The van der Waals surface area contributed by atoms with Crippen LogP contribution in [0.4, 0.5) is 10.1 Å². The van der Waals surface area contributed by atoms with E-state index in [1.807, 2.05) is 13.8 Å². The molecule has 0 spiro atoms. The van der Waals surface area contributed by atoms with Crippen LogP contribution in [0.5, 0.6) is 0 Å². The average Bonchev–Trinajstić information content (AvgIpc) is 2.22. The number of benzene rings is 1. The highest BCUT2D eigenvalue weighted by Gasteiger charge is 2.16. The second kappa shape index (κ2) is 5.89. The van der Waals surface area contributed by atoms with E-state index in [1.54, 1.807) is 7.11 Å². The highest BCUT2D eigenvalue weighted by Crippen LogP contribution is 2.31. The van der Waals surface area contributed by atoms with Gasteiger partial charge < -0.3 is 10.1 Å². The minimum atomic E-state index is -0.442. The summed E-state index contributed by atoms with van der Waals surface area (Å²) in [6, 6.07) is 2.47. The normalized spacial score (nSPS) is 11.6. The molecule has 0 saturated heterocycles. The lowest BCUT2D eigenvalue weighted by Gasteiger charge is -2.23. The first kappa shape index (κ1) is 14.6. The summed E-state index contributed by atoms with van der Waals surface area (Å²) in [5.41, 5.74) is 0.341. The second-order valence-corrected chi connectivity index (χ2v) is 5.20. The number of nitrogens with one attached hydrogen (secondary N) is 1. The fraction of sp³-hybridized carbons (Fsp3) is 0.500. The molecular formula is C12H16Cl2FNO. The van der Waals surface area contributed by atoms with Crippen LogP contribution in [0.1, 0.15) is 20.3 Å². The van der Waals surface area contributed by atoms with Gasteiger partial charge in [0, 0.05) is 13.7 Å². The van der Waals surface area contributed by atoms with Crippen LogP contribution in [-0.4, -0.2) is 19.3 Å². The Bertz CT molecular complexity index is 373. The third-order valence-corrected chi connectivity index (χ3v) is 3.18. The molecule has 0 aliphatic rings. The topological polar surface area (TPSA) is 21.3 Å². The smallest absolute Gasteiger partial charge is 0.126 e. The summed E-state index contributed by atoms with van der Waals surface area (Å²) in [6.45, 7) is 4.62. The summed E-state index contributed by atoms with van der Waals surface area (Å²) >= 11 is 11.8. The molecule has 5 heteroatoms. The molecule has 0 atom stereocenters. The Morgan fingerprint density at radius 2 is 1.82 bits per heavy atom. The Hall–Kier alpha value is -0.510. The zero-order valence-corrected chi connectivity index (χ0v) is 11.6. The lowest BCUT2D eigenvalue weighted by molar-refractivity contribution is 0.0185. The maximum absolute atomic E-state index is 13.0. The quantitative estimate of drug-likeness (QED) is 0.865. The van der Waals surface area contributed by atoms with Crippen molar-refractivity contribution in [3.63, 3.8) is 0 Å². The van der Waals surface area contributed by atoms with Gasteiger partial charge in [0.05, 0.1) is 21.3 Å². The third kappa shape index (κ3) is 4.34. The molecule has 1 rings (SSSR count). The molecule has 0 aliphatic heterocycles. The van der Waals surface area contributed by atoms with Crippen molar-refractivity contribution < 1.29 is 9.13 Å². The van der Waals surface area contributed by atoms with Crippen LogP contribution < -0.4 is 5.32 Å². The molecule has 0 fully saturated rings. The Balaban J connectivity index is 2.64. The van der Waals surface area contributed by atoms with Crippen LogP contribution in [0.3, 0.4) is 0 Å². The van der Waals surface area contributed by atoms with Crippen molar-refractivity contribution in [2.45, 2.75) is 25.9 Å². The van der Waals surface area contributed by atoms with Crippen LogP contribution in [0.25, 0.3) is 0 Å². The minimum Gasteiger partial charge on any atom is -0.383 e. The number of rotatable bonds is 5. The Kier molecular flexibility index (Phi) is 5.04. The van der Waals surface area contributed by atoms with Gasteiger partial charge in [0.2, 0.25) is 0 Å². The van der Waals surface area contributed by atoms with E-state index >= 15 is 0 Å². The molecule has 2 nitrogen and oxygen atoms in total. The van der Waals surface area contributed by atoms with Crippen molar-refractivity contribution in [2.75, 3.05) is 19.0 Å². The molecule has 1 aromatic rings. The van der Waals surface area contributed by atoms with E-state index in [4.69, 9.17) is 27.9 Å². The zero-order chi connectivity index (χ0) is 13.1. The lowest BCUT2D eigenvalue weighted by atomic mass is 10.1. The average molecular weight is 280 g/mol. The molecule has 96 valence electrons. The summed E-state index contributed by atoms with van der Waals surface area (Å²) in [6.07, 6.45) is 0.785. The van der Waals surface area contributed by atoms with E-state index in [-0.39, 0.29) is 15.6 Å². The molecule has 0 unspecified atom stereocenters. The Morgan fingerprint density at radius 1 is 1.29 bits per heavy atom. The SMILES string of the molecule is COC(C)(C)CCNc1c(Cl)cc(F)cc1Cl. The maximum Gasteiger partial charge on any atom is 0.126 e. The second-order valence-electron chi connectivity index (χ2n) is 4.39. The van der Waals surface area contributed by atoms with Crippen LogP contribution in [0.15, 0.2) is 12.1 Å². The highest BCUT2D eigenvalue weighted by molar-refractivity contribution is 6.39. The van der Waals surface area contributed by atoms with Crippen LogP contribution >= 0.6 is 23.2 Å². The zero-order valence-electron chi connectivity index (χ0n) is 10.1. The molecule has 0 aliphatic carbocycles. The molecular weight excluding hydrogens is 264 g/mol. The molecule has 0 bridgehead atoms. The van der Waals surface area contributed by atoms with E-state index in [2.05, 4.69) is 5.32 Å². The van der Waals surface area contributed by atoms with Gasteiger partial charge in [-0.05, 0) is 32.4 Å². The van der Waals surface area contributed by atoms with Crippen LogP contribution in [0.2, 0.25) is 10.0 Å². The van der Waals surface area contributed by atoms with Crippen molar-refractivity contribution in [1.29, 1.82) is 0 Å². The predicted octanol–water partition coefficient (Wildman–Crippen LogP) is 4.36. The summed E-state index contributed by atoms with van der Waals surface area (Å²) in [5.74, 6) is -0.442. The van der Waals surface area contributed by atoms with Gasteiger partial charge in [-0.1, -0.05) is 23.2 Å². The van der Waals surface area contributed by atoms with Crippen molar-refractivity contribution in [1.82, 2.24) is 0 Å². The lowest BCUT2D eigenvalue weighted by Crippen LogP contribution is -2.25. The largest absolute Gasteiger partial charge is 0.383 e. The van der Waals surface area contributed by atoms with E-state index in [9.17, 15) is 4.39 Å². The van der Waals surface area contributed by atoms with E-state index in [0.29, 0.717) is 12.2 Å². The van der Waals surface area contributed by atoms with Crippen LogP contribution in [-0.2, 0) is 4.74 Å². The number of methoxy groups -OCH3 is 1. The number of halogens is 3. The fourth-order valence-corrected chi connectivity index (χ4v) is 1.90. The number of anilines is 1. The van der Waals surface area contributed by atoms with Gasteiger partial charge in [-0.15, -0.1) is 0 Å². The standard InChI is InChI=1S/C12H16Cl2FNO/c1-12(2,17-3)4-5-16-11-9(13)6-8(15)7-10(11)14/h6-7,16H,4-5H2,1-3H3. The highest BCUT2D eigenvalue weighted by atomic mass is 35.5. The van der Waals surface area contributed by atoms with Gasteiger partial charge in [0.25, 0.3) is 0 Å². The summed E-state index contributed by atoms with van der Waals surface area (Å²) in [7, 11) is 1.66. The van der Waals surface area contributed by atoms with E-state index in [1.165, 1.54) is 12.1 Å². The van der Waals surface area contributed by atoms with E-state index < -0.39 is 5.82 Å². The number of ether oxygens (including phenoxy) is 1. The first-order valence-corrected chi connectivity index (χ1v) is 6.05. The summed E-state index contributed by atoms with van der Waals surface area (Å²) < 4.78 is 18.2. The van der Waals surface area contributed by atoms with Gasteiger partial charge in [0.1, 0.15) is 5.82 Å². The molecule has 1 aromatic carbocycles. The summed E-state index contributed by atoms with van der Waals surface area (Å²) in [4.78, 5) is 0. The third-order valence-electron chi connectivity index (χ3n) is 2.59. The Labute approximate surface area is 111 Å². The monoisotopic (exact) mass is 279 g/mol. The first-order chi connectivity index (χ1) is 7.85.